The molecule has 0 fully saturated rings. The van der Waals surface area contributed by atoms with Crippen molar-refractivity contribution in [2.24, 2.45) is 0 Å². The Kier molecular flexibility index (Phi) is 6.54. The minimum Gasteiger partial charge on any atom is -0.281 e. The van der Waals surface area contributed by atoms with Crippen molar-refractivity contribution in [3.05, 3.63) is 76.0 Å². The van der Waals surface area contributed by atoms with E-state index in [4.69, 9.17) is 23.2 Å². The van der Waals surface area contributed by atoms with Crippen LogP contribution in [0.15, 0.2) is 69.7 Å². The Balaban J connectivity index is 1.89. The van der Waals surface area contributed by atoms with Crippen molar-refractivity contribution in [2.75, 3.05) is 0 Å². The molecular formula is C18H9Cl2F3N2OS2. The highest BCUT2D eigenvalue weighted by atomic mass is 35.5. The third-order valence-corrected chi connectivity index (χ3v) is 5.61. The molecule has 10 heteroatoms. The van der Waals surface area contributed by atoms with Crippen LogP contribution in [-0.2, 0) is 6.18 Å². The average Bonchev–Trinajstić information content (AvgIpc) is 2.65. The molecule has 0 aliphatic rings. The summed E-state index contributed by atoms with van der Waals surface area (Å²) in [6.45, 7) is 0. The van der Waals surface area contributed by atoms with Crippen LogP contribution in [0.4, 0.5) is 13.2 Å². The molecule has 0 bridgehead atoms. The van der Waals surface area contributed by atoms with E-state index in [0.717, 1.165) is 18.0 Å². The number of rotatable bonds is 4. The van der Waals surface area contributed by atoms with Gasteiger partial charge in [0, 0.05) is 26.0 Å². The van der Waals surface area contributed by atoms with E-state index in [-0.39, 0.29) is 5.16 Å². The van der Waals surface area contributed by atoms with Crippen LogP contribution in [0.3, 0.4) is 0 Å². The summed E-state index contributed by atoms with van der Waals surface area (Å²) in [6.07, 6.45) is -3.90. The molecule has 3 rings (SSSR count). The van der Waals surface area contributed by atoms with E-state index in [1.807, 2.05) is 0 Å². The number of hydrogen-bond donors (Lipinski definition) is 0. The second-order valence-electron chi connectivity index (χ2n) is 5.31. The van der Waals surface area contributed by atoms with E-state index < -0.39 is 22.5 Å². The molecule has 0 spiro atoms. The van der Waals surface area contributed by atoms with Gasteiger partial charge in [-0.15, -0.1) is 0 Å². The molecule has 2 aromatic carbocycles. The number of carbonyl (C=O) groups is 1. The minimum absolute atomic E-state index is 0.123. The third kappa shape index (κ3) is 5.41. The molecule has 0 saturated heterocycles. The van der Waals surface area contributed by atoms with E-state index in [1.54, 1.807) is 48.5 Å². The van der Waals surface area contributed by atoms with Crippen LogP contribution in [0.1, 0.15) is 16.1 Å². The summed E-state index contributed by atoms with van der Waals surface area (Å²) in [5, 5.41) is 0.0292. The van der Waals surface area contributed by atoms with Gasteiger partial charge in [-0.25, -0.2) is 9.97 Å². The van der Waals surface area contributed by atoms with E-state index in [9.17, 15) is 18.0 Å². The molecule has 3 aromatic rings. The molecule has 0 saturated carbocycles. The lowest BCUT2D eigenvalue weighted by Gasteiger charge is -2.12. The molecule has 0 amide bonds. The highest BCUT2D eigenvalue weighted by Crippen LogP contribution is 2.35. The summed E-state index contributed by atoms with van der Waals surface area (Å²) in [5.41, 5.74) is -1.88. The molecule has 0 atom stereocenters. The van der Waals surface area contributed by atoms with Crippen molar-refractivity contribution in [1.29, 1.82) is 0 Å². The molecule has 1 heterocycles. The van der Waals surface area contributed by atoms with Crippen molar-refractivity contribution in [1.82, 2.24) is 9.97 Å². The van der Waals surface area contributed by atoms with Gasteiger partial charge < -0.3 is 0 Å². The number of alkyl halides is 3. The first-order chi connectivity index (χ1) is 13.2. The normalized spacial score (nSPS) is 11.5. The van der Waals surface area contributed by atoms with Gasteiger partial charge in [0.25, 0.3) is 0 Å². The topological polar surface area (TPSA) is 42.9 Å². The smallest absolute Gasteiger partial charge is 0.281 e. The van der Waals surface area contributed by atoms with Crippen molar-refractivity contribution >= 4 is 51.8 Å². The van der Waals surface area contributed by atoms with Crippen LogP contribution in [0.5, 0.6) is 0 Å². The standard InChI is InChI=1S/C18H9Cl2F3N2OS2/c19-10-1-5-12(6-2-10)27-16(26)14-9-24-17(25-15(14)18(21,22)23)28-13-7-3-11(20)4-8-13/h1-9H. The van der Waals surface area contributed by atoms with Gasteiger partial charge in [0.15, 0.2) is 10.9 Å². The summed E-state index contributed by atoms with van der Waals surface area (Å²) in [5.74, 6) is 0. The Morgan fingerprint density at radius 1 is 0.893 bits per heavy atom. The molecule has 144 valence electrons. The first kappa shape index (κ1) is 21.0. The highest BCUT2D eigenvalue weighted by molar-refractivity contribution is 8.14. The first-order valence-electron chi connectivity index (χ1n) is 7.58. The number of hydrogen-bond acceptors (Lipinski definition) is 5. The molecule has 28 heavy (non-hydrogen) atoms. The largest absolute Gasteiger partial charge is 0.434 e. The van der Waals surface area contributed by atoms with Gasteiger partial charge >= 0.3 is 6.18 Å². The molecule has 0 N–H and O–H groups in total. The first-order valence-corrected chi connectivity index (χ1v) is 9.96. The number of aromatic nitrogens is 2. The predicted molar refractivity (Wildman–Crippen MR) is 104 cm³/mol. The third-order valence-electron chi connectivity index (χ3n) is 3.30. The fourth-order valence-electron chi connectivity index (χ4n) is 2.05. The van der Waals surface area contributed by atoms with Crippen molar-refractivity contribution in [2.45, 2.75) is 21.1 Å². The lowest BCUT2D eigenvalue weighted by molar-refractivity contribution is -0.141. The quantitative estimate of drug-likeness (QED) is 0.313. The number of thioether (sulfide) groups is 1. The molecule has 0 aliphatic carbocycles. The van der Waals surface area contributed by atoms with E-state index >= 15 is 0 Å². The summed E-state index contributed by atoms with van der Waals surface area (Å²) < 4.78 is 40.4. The van der Waals surface area contributed by atoms with Gasteiger partial charge in [0.1, 0.15) is 0 Å². The Labute approximate surface area is 176 Å². The maximum Gasteiger partial charge on any atom is 0.434 e. The van der Waals surface area contributed by atoms with E-state index in [0.29, 0.717) is 31.6 Å². The monoisotopic (exact) mass is 460 g/mol. The van der Waals surface area contributed by atoms with Crippen molar-refractivity contribution in [3.8, 4) is 0 Å². The number of halogens is 5. The summed E-state index contributed by atoms with van der Waals surface area (Å²) in [6, 6.07) is 12.7. The lowest BCUT2D eigenvalue weighted by Crippen LogP contribution is -2.15. The van der Waals surface area contributed by atoms with Crippen LogP contribution in [0.25, 0.3) is 0 Å². The zero-order chi connectivity index (χ0) is 20.3. The van der Waals surface area contributed by atoms with Crippen LogP contribution >= 0.6 is 46.7 Å². The van der Waals surface area contributed by atoms with Gasteiger partial charge in [-0.2, -0.15) is 13.2 Å². The van der Waals surface area contributed by atoms with Gasteiger partial charge in [0.05, 0.1) is 5.56 Å². The second kappa shape index (κ2) is 8.73. The fraction of sp³-hybridized carbons (Fsp3) is 0.0556. The minimum atomic E-state index is -4.80. The van der Waals surface area contributed by atoms with Gasteiger partial charge in [-0.3, -0.25) is 4.79 Å². The van der Waals surface area contributed by atoms with Gasteiger partial charge in [-0.05, 0) is 72.1 Å². The Morgan fingerprint density at radius 3 is 1.96 bits per heavy atom. The van der Waals surface area contributed by atoms with Crippen LogP contribution in [-0.4, -0.2) is 15.1 Å². The van der Waals surface area contributed by atoms with E-state index in [1.165, 1.54) is 0 Å². The Hall–Kier alpha value is -1.74. The van der Waals surface area contributed by atoms with Crippen LogP contribution in [0.2, 0.25) is 10.0 Å². The molecule has 0 unspecified atom stereocenters. The number of nitrogens with zero attached hydrogens (tertiary/aromatic N) is 2. The SMILES string of the molecule is O=C(Sc1ccc(Cl)cc1)c1cnc(Sc2ccc(Cl)cc2)nc1C(F)(F)F. The van der Waals surface area contributed by atoms with Crippen molar-refractivity contribution in [3.63, 3.8) is 0 Å². The van der Waals surface area contributed by atoms with Gasteiger partial charge in [0.2, 0.25) is 5.12 Å². The Morgan fingerprint density at radius 2 is 1.43 bits per heavy atom. The molecule has 1 aromatic heterocycles. The van der Waals surface area contributed by atoms with Crippen LogP contribution < -0.4 is 0 Å². The lowest BCUT2D eigenvalue weighted by atomic mass is 10.2. The zero-order valence-corrected chi connectivity index (χ0v) is 16.8. The molecule has 3 nitrogen and oxygen atoms in total. The van der Waals surface area contributed by atoms with Crippen LogP contribution in [0, 0.1) is 0 Å². The Bertz CT molecular complexity index is 997. The zero-order valence-electron chi connectivity index (χ0n) is 13.7. The average molecular weight is 461 g/mol. The summed E-state index contributed by atoms with van der Waals surface area (Å²) >= 11 is 13.2. The van der Waals surface area contributed by atoms with E-state index in [2.05, 4.69) is 9.97 Å². The summed E-state index contributed by atoms with van der Waals surface area (Å²) in [4.78, 5) is 21.0. The number of carbonyl (C=O) groups excluding carboxylic acids is 1. The van der Waals surface area contributed by atoms with Gasteiger partial charge in [-0.1, -0.05) is 23.2 Å². The highest BCUT2D eigenvalue weighted by Gasteiger charge is 2.38. The molecule has 0 radical (unpaired) electrons. The maximum atomic E-state index is 13.5. The second-order valence-corrected chi connectivity index (χ2v) is 8.27. The summed E-state index contributed by atoms with van der Waals surface area (Å²) in [7, 11) is 0. The number of benzene rings is 2. The molecule has 0 aliphatic heterocycles. The van der Waals surface area contributed by atoms with Crippen molar-refractivity contribution < 1.29 is 18.0 Å². The molecular weight excluding hydrogens is 452 g/mol. The fourth-order valence-corrected chi connectivity index (χ4v) is 3.78. The maximum absolute atomic E-state index is 13.5. The predicted octanol–water partition coefficient (Wildman–Crippen LogP) is 6.89.